The highest BCUT2D eigenvalue weighted by molar-refractivity contribution is 4.80. The van der Waals surface area contributed by atoms with Gasteiger partial charge in [-0.2, -0.15) is 0 Å². The lowest BCUT2D eigenvalue weighted by Crippen LogP contribution is -2.33. The Labute approximate surface area is 94.6 Å². The zero-order valence-electron chi connectivity index (χ0n) is 10.4. The van der Waals surface area contributed by atoms with Gasteiger partial charge < -0.3 is 10.5 Å². The summed E-state index contributed by atoms with van der Waals surface area (Å²) in [7, 11) is 0. The van der Waals surface area contributed by atoms with Gasteiger partial charge in [0, 0.05) is 13.2 Å². The zero-order valence-corrected chi connectivity index (χ0v) is 10.4. The van der Waals surface area contributed by atoms with Crippen molar-refractivity contribution in [2.45, 2.75) is 46.0 Å². The molecule has 1 rings (SSSR count). The fourth-order valence-corrected chi connectivity index (χ4v) is 2.88. The first kappa shape index (κ1) is 13.0. The molecular formula is C13H27NO. The molecule has 0 radical (unpaired) electrons. The lowest BCUT2D eigenvalue weighted by atomic mass is 9.73. The quantitative estimate of drug-likeness (QED) is 0.736. The average Bonchev–Trinajstić information content (AvgIpc) is 2.27. The molecule has 3 unspecified atom stereocenters. The lowest BCUT2D eigenvalue weighted by molar-refractivity contribution is 0.0518. The van der Waals surface area contributed by atoms with Crippen LogP contribution in [0, 0.1) is 17.8 Å². The third-order valence-electron chi connectivity index (χ3n) is 3.78. The molecule has 1 aliphatic rings. The summed E-state index contributed by atoms with van der Waals surface area (Å²) < 4.78 is 5.58. The van der Waals surface area contributed by atoms with E-state index in [1.165, 1.54) is 32.1 Å². The topological polar surface area (TPSA) is 35.2 Å². The first-order valence-corrected chi connectivity index (χ1v) is 6.59. The van der Waals surface area contributed by atoms with Crippen molar-refractivity contribution < 1.29 is 4.74 Å². The van der Waals surface area contributed by atoms with Gasteiger partial charge in [-0.3, -0.25) is 0 Å². The number of ether oxygens (including phenoxy) is 1. The van der Waals surface area contributed by atoms with Gasteiger partial charge in [-0.15, -0.1) is 0 Å². The predicted octanol–water partition coefficient (Wildman–Crippen LogP) is 2.81. The van der Waals surface area contributed by atoms with Crippen molar-refractivity contribution in [3.05, 3.63) is 0 Å². The first-order chi connectivity index (χ1) is 7.31. The highest BCUT2D eigenvalue weighted by Crippen LogP contribution is 2.35. The van der Waals surface area contributed by atoms with Crippen LogP contribution in [0.5, 0.6) is 0 Å². The van der Waals surface area contributed by atoms with E-state index in [2.05, 4.69) is 13.8 Å². The van der Waals surface area contributed by atoms with Gasteiger partial charge in [0.2, 0.25) is 0 Å². The van der Waals surface area contributed by atoms with E-state index >= 15 is 0 Å². The highest BCUT2D eigenvalue weighted by Gasteiger charge is 2.29. The van der Waals surface area contributed by atoms with Crippen LogP contribution in [-0.2, 0) is 4.74 Å². The van der Waals surface area contributed by atoms with Crippen molar-refractivity contribution in [2.24, 2.45) is 23.5 Å². The largest absolute Gasteiger partial charge is 0.381 e. The molecule has 0 amide bonds. The number of rotatable bonds is 6. The molecule has 2 heteroatoms. The second kappa shape index (κ2) is 7.24. The summed E-state index contributed by atoms with van der Waals surface area (Å²) in [5.74, 6) is 2.37. The van der Waals surface area contributed by atoms with Crippen molar-refractivity contribution in [3.8, 4) is 0 Å². The third kappa shape index (κ3) is 4.12. The summed E-state index contributed by atoms with van der Waals surface area (Å²) in [4.78, 5) is 0. The first-order valence-electron chi connectivity index (χ1n) is 6.59. The maximum atomic E-state index is 5.83. The van der Waals surface area contributed by atoms with Crippen LogP contribution >= 0.6 is 0 Å². The summed E-state index contributed by atoms with van der Waals surface area (Å²) >= 11 is 0. The molecule has 2 nitrogen and oxygen atoms in total. The summed E-state index contributed by atoms with van der Waals surface area (Å²) in [6.45, 7) is 6.97. The van der Waals surface area contributed by atoms with E-state index < -0.39 is 0 Å². The molecule has 90 valence electrons. The van der Waals surface area contributed by atoms with Crippen LogP contribution in [0.15, 0.2) is 0 Å². The highest BCUT2D eigenvalue weighted by atomic mass is 16.5. The normalized spacial score (nSPS) is 31.8. The Bertz CT molecular complexity index is 161. The zero-order chi connectivity index (χ0) is 11.1. The van der Waals surface area contributed by atoms with Crippen LogP contribution in [0.4, 0.5) is 0 Å². The lowest BCUT2D eigenvalue weighted by Gasteiger charge is -2.35. The second-order valence-corrected chi connectivity index (χ2v) is 4.88. The van der Waals surface area contributed by atoms with Crippen LogP contribution in [0.3, 0.4) is 0 Å². The minimum absolute atomic E-state index is 0.713. The maximum Gasteiger partial charge on any atom is 0.0497 e. The van der Waals surface area contributed by atoms with Gasteiger partial charge in [-0.05, 0) is 44.1 Å². The monoisotopic (exact) mass is 213 g/mol. The Morgan fingerprint density at radius 1 is 1.20 bits per heavy atom. The summed E-state index contributed by atoms with van der Waals surface area (Å²) in [5, 5.41) is 0. The number of hydrogen-bond donors (Lipinski definition) is 1. The molecule has 0 aromatic heterocycles. The smallest absolute Gasteiger partial charge is 0.0497 e. The van der Waals surface area contributed by atoms with Crippen LogP contribution in [0.2, 0.25) is 0 Å². The molecule has 0 saturated heterocycles. The van der Waals surface area contributed by atoms with E-state index in [9.17, 15) is 0 Å². The average molecular weight is 213 g/mol. The van der Waals surface area contributed by atoms with Crippen molar-refractivity contribution in [2.75, 3.05) is 19.8 Å². The van der Waals surface area contributed by atoms with Gasteiger partial charge in [0.1, 0.15) is 0 Å². The van der Waals surface area contributed by atoms with Crippen LogP contribution < -0.4 is 5.73 Å². The van der Waals surface area contributed by atoms with E-state index in [-0.39, 0.29) is 0 Å². The fourth-order valence-electron chi connectivity index (χ4n) is 2.88. The van der Waals surface area contributed by atoms with E-state index in [1.54, 1.807) is 0 Å². The van der Waals surface area contributed by atoms with E-state index in [0.29, 0.717) is 5.92 Å². The molecule has 0 aromatic carbocycles. The SMILES string of the molecule is CCCC1CCC(CN)C(COCC)C1. The molecule has 2 N–H and O–H groups in total. The predicted molar refractivity (Wildman–Crippen MR) is 64.8 cm³/mol. The third-order valence-corrected chi connectivity index (χ3v) is 3.78. The molecule has 15 heavy (non-hydrogen) atoms. The van der Waals surface area contributed by atoms with E-state index in [4.69, 9.17) is 10.5 Å². The Morgan fingerprint density at radius 3 is 2.60 bits per heavy atom. The summed E-state index contributed by atoms with van der Waals surface area (Å²) in [6, 6.07) is 0. The summed E-state index contributed by atoms with van der Waals surface area (Å²) in [5.41, 5.74) is 5.83. The van der Waals surface area contributed by atoms with Crippen LogP contribution in [0.25, 0.3) is 0 Å². The molecule has 0 bridgehead atoms. The Balaban J connectivity index is 2.38. The minimum atomic E-state index is 0.713. The van der Waals surface area contributed by atoms with Crippen molar-refractivity contribution >= 4 is 0 Å². The van der Waals surface area contributed by atoms with Crippen LogP contribution in [0.1, 0.15) is 46.0 Å². The summed E-state index contributed by atoms with van der Waals surface area (Å²) in [6.07, 6.45) is 6.76. The van der Waals surface area contributed by atoms with Gasteiger partial charge in [0.25, 0.3) is 0 Å². The van der Waals surface area contributed by atoms with Gasteiger partial charge in [-0.1, -0.05) is 26.2 Å². The molecule has 1 saturated carbocycles. The van der Waals surface area contributed by atoms with Crippen molar-refractivity contribution in [1.82, 2.24) is 0 Å². The van der Waals surface area contributed by atoms with Gasteiger partial charge >= 0.3 is 0 Å². The maximum absolute atomic E-state index is 5.83. The van der Waals surface area contributed by atoms with Crippen molar-refractivity contribution in [3.63, 3.8) is 0 Å². The number of hydrogen-bond acceptors (Lipinski definition) is 2. The molecular weight excluding hydrogens is 186 g/mol. The minimum Gasteiger partial charge on any atom is -0.381 e. The van der Waals surface area contributed by atoms with Crippen molar-refractivity contribution in [1.29, 1.82) is 0 Å². The van der Waals surface area contributed by atoms with Gasteiger partial charge in [0.15, 0.2) is 0 Å². The van der Waals surface area contributed by atoms with Gasteiger partial charge in [0.05, 0.1) is 0 Å². The number of nitrogens with two attached hydrogens (primary N) is 1. The molecule has 0 aromatic rings. The molecule has 1 fully saturated rings. The Morgan fingerprint density at radius 2 is 2.00 bits per heavy atom. The Hall–Kier alpha value is -0.0800. The van der Waals surface area contributed by atoms with E-state index in [1.807, 2.05) is 0 Å². The Kier molecular flexibility index (Phi) is 6.26. The standard InChI is InChI=1S/C13H27NO/c1-3-5-11-6-7-12(9-14)13(8-11)10-15-4-2/h11-13H,3-10,14H2,1-2H3. The molecule has 3 atom stereocenters. The molecule has 1 aliphatic carbocycles. The molecule has 0 spiro atoms. The van der Waals surface area contributed by atoms with Crippen LogP contribution in [-0.4, -0.2) is 19.8 Å². The molecule has 0 heterocycles. The van der Waals surface area contributed by atoms with Gasteiger partial charge in [-0.25, -0.2) is 0 Å². The molecule has 0 aliphatic heterocycles. The van der Waals surface area contributed by atoms with E-state index in [0.717, 1.165) is 31.6 Å². The fraction of sp³-hybridized carbons (Fsp3) is 1.00. The second-order valence-electron chi connectivity index (χ2n) is 4.88.